The van der Waals surface area contributed by atoms with Gasteiger partial charge >= 0.3 is 0 Å². The molecule has 0 aliphatic heterocycles. The zero-order valence-corrected chi connectivity index (χ0v) is 20.6. The van der Waals surface area contributed by atoms with Crippen molar-refractivity contribution in [2.24, 2.45) is 11.7 Å². The fraction of sp³-hybridized carbons (Fsp3) is 0.250. The first-order valence-corrected chi connectivity index (χ1v) is 11.6. The maximum atomic E-state index is 13.3. The maximum absolute atomic E-state index is 13.3. The van der Waals surface area contributed by atoms with Crippen LogP contribution in [-0.4, -0.2) is 15.7 Å². The molecule has 1 saturated carbocycles. The van der Waals surface area contributed by atoms with E-state index >= 15 is 0 Å². The average Bonchev–Trinajstić information content (AvgIpc) is 3.52. The number of amides is 1. The third-order valence-corrected chi connectivity index (χ3v) is 7.05. The summed E-state index contributed by atoms with van der Waals surface area (Å²) >= 11 is 0. The van der Waals surface area contributed by atoms with Crippen LogP contribution in [0, 0.1) is 5.92 Å². The summed E-state index contributed by atoms with van der Waals surface area (Å²) in [5.74, 6) is -0.193. The second kappa shape index (κ2) is 10.3. The van der Waals surface area contributed by atoms with Gasteiger partial charge in [0.2, 0.25) is 12.2 Å². The van der Waals surface area contributed by atoms with Gasteiger partial charge in [0.1, 0.15) is 11.5 Å². The summed E-state index contributed by atoms with van der Waals surface area (Å²) in [5.41, 5.74) is 8.54. The quantitative estimate of drug-likeness (QED) is 0.373. The molecule has 1 heterocycles. The summed E-state index contributed by atoms with van der Waals surface area (Å²) in [7, 11) is 0. The van der Waals surface area contributed by atoms with Gasteiger partial charge < -0.3 is 22.7 Å². The van der Waals surface area contributed by atoms with E-state index in [0.29, 0.717) is 0 Å². The zero-order valence-electron chi connectivity index (χ0n) is 19.0. The van der Waals surface area contributed by atoms with Crippen molar-refractivity contribution in [2.45, 2.75) is 37.3 Å². The number of carbonyl (C=O) groups excluding carboxylic acids is 1. The van der Waals surface area contributed by atoms with Crippen molar-refractivity contribution in [2.75, 3.05) is 0 Å². The number of nitrogens with two attached hydrogens (primary N) is 1. The molecule has 2 unspecified atom stereocenters. The van der Waals surface area contributed by atoms with Crippen LogP contribution >= 0.6 is 0 Å². The van der Waals surface area contributed by atoms with Crippen LogP contribution in [-0.2, 0) is 16.8 Å². The van der Waals surface area contributed by atoms with Crippen LogP contribution in [0.25, 0.3) is 0 Å². The Balaban J connectivity index is 0.00000274. The third-order valence-electron chi connectivity index (χ3n) is 7.05. The van der Waals surface area contributed by atoms with Crippen molar-refractivity contribution in [3.05, 3.63) is 120 Å². The lowest BCUT2D eigenvalue weighted by atomic mass is 9.64. The van der Waals surface area contributed by atoms with Gasteiger partial charge in [0.15, 0.2) is 0 Å². The Labute approximate surface area is 211 Å². The molecule has 174 valence electrons. The molecule has 1 fully saturated rings. The Morgan fingerprint density at radius 2 is 1.47 bits per heavy atom. The monoisotopic (exact) mass is 516 g/mol. The second-order valence-electron chi connectivity index (χ2n) is 8.95. The van der Waals surface area contributed by atoms with Gasteiger partial charge in [-0.15, -0.1) is 4.68 Å². The molecule has 1 aliphatic rings. The van der Waals surface area contributed by atoms with E-state index in [1.807, 2.05) is 73.1 Å². The number of benzene rings is 3. The first kappa shape index (κ1) is 23.9. The van der Waals surface area contributed by atoms with Crippen molar-refractivity contribution in [1.82, 2.24) is 9.78 Å². The topological polar surface area (TPSA) is 64.8 Å². The van der Waals surface area contributed by atoms with Crippen LogP contribution in [0.4, 0.5) is 0 Å². The van der Waals surface area contributed by atoms with Gasteiger partial charge in [-0.25, -0.2) is 4.57 Å². The number of aromatic nitrogens is 3. The van der Waals surface area contributed by atoms with Crippen LogP contribution < -0.4 is 27.3 Å². The van der Waals surface area contributed by atoms with Gasteiger partial charge in [-0.2, -0.15) is 0 Å². The summed E-state index contributed by atoms with van der Waals surface area (Å²) in [5, 5.41) is 4.66. The van der Waals surface area contributed by atoms with E-state index in [4.69, 9.17) is 5.73 Å². The minimum absolute atomic E-state index is 0. The number of carbonyl (C=O) groups is 1. The van der Waals surface area contributed by atoms with E-state index in [0.717, 1.165) is 36.9 Å². The molecule has 34 heavy (non-hydrogen) atoms. The molecule has 2 atom stereocenters. The average molecular weight is 517 g/mol. The minimum Gasteiger partial charge on any atom is -1.00 e. The molecule has 4 aromatic rings. The van der Waals surface area contributed by atoms with Gasteiger partial charge in [0, 0.05) is 5.10 Å². The van der Waals surface area contributed by atoms with E-state index in [1.165, 1.54) is 5.56 Å². The smallest absolute Gasteiger partial charge is 0.265 e. The highest BCUT2D eigenvalue weighted by molar-refractivity contribution is 5.91. The molecular weight excluding hydrogens is 488 g/mol. The van der Waals surface area contributed by atoms with E-state index in [9.17, 15) is 4.79 Å². The van der Waals surface area contributed by atoms with Gasteiger partial charge in [0.25, 0.3) is 6.33 Å². The number of hydrogen-bond donors (Lipinski definition) is 1. The van der Waals surface area contributed by atoms with Crippen molar-refractivity contribution in [3.63, 3.8) is 0 Å². The number of nitrogens with zero attached hydrogens (tertiary/aromatic N) is 3. The van der Waals surface area contributed by atoms with E-state index < -0.39 is 5.41 Å². The van der Waals surface area contributed by atoms with Crippen molar-refractivity contribution >= 4 is 5.91 Å². The molecule has 1 aromatic heterocycles. The second-order valence-corrected chi connectivity index (χ2v) is 8.95. The lowest BCUT2D eigenvalue weighted by molar-refractivity contribution is -0.689. The summed E-state index contributed by atoms with van der Waals surface area (Å²) in [6, 6.07) is 30.7. The summed E-state index contributed by atoms with van der Waals surface area (Å²) in [6.45, 7) is 0.788. The molecule has 5 nitrogen and oxygen atoms in total. The fourth-order valence-corrected chi connectivity index (χ4v) is 5.52. The normalized spacial score (nSPS) is 17.8. The molecule has 0 spiro atoms. The Bertz CT molecular complexity index is 1170. The third kappa shape index (κ3) is 4.42. The molecule has 5 rings (SSSR count). The standard InChI is InChI=1S/C28H28N4O.BrH/c29-27(33)28(23-12-6-2-7-13-23,24-14-8-3-9-15-24)25-16-17-26(18-25)32-21-31(20-30-32)19-22-10-4-1-5-11-22;/h1-15,20-21,25-26H,16-19H2,(H-,29,33);1H. The Hall–Kier alpha value is -3.25. The van der Waals surface area contributed by atoms with Crippen LogP contribution in [0.2, 0.25) is 0 Å². The number of halogens is 1. The lowest BCUT2D eigenvalue weighted by Crippen LogP contribution is -3.00. The van der Waals surface area contributed by atoms with E-state index in [1.54, 1.807) is 0 Å². The highest BCUT2D eigenvalue weighted by atomic mass is 79.9. The summed E-state index contributed by atoms with van der Waals surface area (Å²) in [4.78, 5) is 13.3. The molecule has 0 saturated heterocycles. The Kier molecular flexibility index (Phi) is 7.27. The Morgan fingerprint density at radius 1 is 0.912 bits per heavy atom. The predicted octanol–water partition coefficient (Wildman–Crippen LogP) is 1.04. The van der Waals surface area contributed by atoms with Crippen molar-refractivity contribution in [1.29, 1.82) is 0 Å². The highest BCUT2D eigenvalue weighted by Crippen LogP contribution is 2.49. The molecule has 1 aliphatic carbocycles. The number of rotatable bonds is 7. The van der Waals surface area contributed by atoms with E-state index in [2.05, 4.69) is 44.9 Å². The largest absolute Gasteiger partial charge is 1.00 e. The summed E-state index contributed by atoms with van der Waals surface area (Å²) in [6.07, 6.45) is 6.69. The van der Waals surface area contributed by atoms with Gasteiger partial charge in [-0.3, -0.25) is 4.79 Å². The SMILES string of the molecule is NC(=O)C(c1ccccc1)(c1ccccc1)C1CCC(n2c[n+](Cc3ccccc3)cn2)C1.[Br-]. The molecular formula is C28H29BrN4O. The van der Waals surface area contributed by atoms with Crippen LogP contribution in [0.1, 0.15) is 42.0 Å². The van der Waals surface area contributed by atoms with Crippen LogP contribution in [0.5, 0.6) is 0 Å². The minimum atomic E-state index is -0.857. The maximum Gasteiger partial charge on any atom is 0.265 e. The van der Waals surface area contributed by atoms with Gasteiger partial charge in [-0.1, -0.05) is 91.0 Å². The van der Waals surface area contributed by atoms with Gasteiger partial charge in [-0.05, 0) is 41.9 Å². The lowest BCUT2D eigenvalue weighted by Gasteiger charge is -2.37. The first-order valence-electron chi connectivity index (χ1n) is 11.6. The highest BCUT2D eigenvalue weighted by Gasteiger charge is 2.51. The molecule has 1 amide bonds. The summed E-state index contributed by atoms with van der Waals surface area (Å²) < 4.78 is 4.17. The number of primary amides is 1. The van der Waals surface area contributed by atoms with Crippen LogP contribution in [0.15, 0.2) is 104 Å². The van der Waals surface area contributed by atoms with Gasteiger partial charge in [0.05, 0.1) is 6.54 Å². The zero-order chi connectivity index (χ0) is 22.7. The molecule has 0 radical (unpaired) electrons. The van der Waals surface area contributed by atoms with Crippen molar-refractivity contribution < 1.29 is 26.3 Å². The molecule has 0 bridgehead atoms. The fourth-order valence-electron chi connectivity index (χ4n) is 5.52. The van der Waals surface area contributed by atoms with Crippen LogP contribution in [0.3, 0.4) is 0 Å². The molecule has 3 aromatic carbocycles. The molecule has 2 N–H and O–H groups in total. The predicted molar refractivity (Wildman–Crippen MR) is 127 cm³/mol. The first-order chi connectivity index (χ1) is 16.2. The molecule has 6 heteroatoms. The number of hydrogen-bond acceptors (Lipinski definition) is 2. The Morgan fingerprint density at radius 3 is 2.03 bits per heavy atom. The van der Waals surface area contributed by atoms with Crippen molar-refractivity contribution in [3.8, 4) is 0 Å². The van der Waals surface area contributed by atoms with E-state index in [-0.39, 0.29) is 34.8 Å².